The molecule has 102 valence electrons. The lowest BCUT2D eigenvalue weighted by atomic mass is 9.87. The molecule has 0 aliphatic rings. The van der Waals surface area contributed by atoms with Crippen LogP contribution in [-0.2, 0) is 12.0 Å². The number of benzene rings is 1. The largest absolute Gasteiger partial charge is 0.391 e. The molecule has 0 radical (unpaired) electrons. The molecular formula is C14H16ClNOS2. The molecule has 0 aliphatic carbocycles. The van der Waals surface area contributed by atoms with Crippen molar-refractivity contribution in [2.75, 3.05) is 0 Å². The molecule has 1 aromatic heterocycles. The second-order valence-corrected chi connectivity index (χ2v) is 7.99. The molecule has 1 heterocycles. The number of hydrogen-bond donors (Lipinski definition) is 1. The smallest absolute Gasteiger partial charge is 0.156 e. The van der Waals surface area contributed by atoms with Crippen molar-refractivity contribution in [1.29, 1.82) is 0 Å². The van der Waals surface area contributed by atoms with Crippen LogP contribution in [0.1, 0.15) is 31.2 Å². The van der Waals surface area contributed by atoms with Crippen molar-refractivity contribution in [2.45, 2.75) is 42.0 Å². The van der Waals surface area contributed by atoms with Gasteiger partial charge in [-0.2, -0.15) is 0 Å². The summed E-state index contributed by atoms with van der Waals surface area (Å²) in [5, 5.41) is 9.50. The van der Waals surface area contributed by atoms with Gasteiger partial charge in [-0.1, -0.05) is 56.3 Å². The molecule has 2 aromatic rings. The van der Waals surface area contributed by atoms with Crippen LogP contribution >= 0.6 is 34.7 Å². The van der Waals surface area contributed by atoms with Gasteiger partial charge < -0.3 is 5.11 Å². The Labute approximate surface area is 126 Å². The molecular weight excluding hydrogens is 298 g/mol. The van der Waals surface area contributed by atoms with E-state index < -0.39 is 0 Å². The van der Waals surface area contributed by atoms with Gasteiger partial charge in [-0.3, -0.25) is 0 Å². The molecule has 2 rings (SSSR count). The summed E-state index contributed by atoms with van der Waals surface area (Å²) in [4.78, 5) is 6.08. The third-order valence-corrected chi connectivity index (χ3v) is 5.23. The zero-order valence-electron chi connectivity index (χ0n) is 11.1. The quantitative estimate of drug-likeness (QED) is 0.888. The van der Waals surface area contributed by atoms with Crippen LogP contribution in [0, 0.1) is 0 Å². The van der Waals surface area contributed by atoms with Crippen LogP contribution in [0.5, 0.6) is 0 Å². The second-order valence-electron chi connectivity index (χ2n) is 5.23. The Morgan fingerprint density at radius 1 is 1.26 bits per heavy atom. The van der Waals surface area contributed by atoms with Crippen molar-refractivity contribution in [3.05, 3.63) is 39.9 Å². The minimum Gasteiger partial charge on any atom is -0.391 e. The highest BCUT2D eigenvalue weighted by Gasteiger charge is 2.14. The molecule has 1 N–H and O–H groups in total. The fourth-order valence-corrected chi connectivity index (χ4v) is 3.85. The van der Waals surface area contributed by atoms with Crippen LogP contribution in [0.2, 0.25) is 5.15 Å². The van der Waals surface area contributed by atoms with Gasteiger partial charge in [0, 0.05) is 4.90 Å². The molecule has 5 heteroatoms. The summed E-state index contributed by atoms with van der Waals surface area (Å²) in [7, 11) is 0. The third-order valence-electron chi connectivity index (χ3n) is 2.70. The molecule has 0 unspecified atom stereocenters. The summed E-state index contributed by atoms with van der Waals surface area (Å²) < 4.78 is 0.859. The molecule has 0 amide bonds. The van der Waals surface area contributed by atoms with Crippen molar-refractivity contribution in [3.8, 4) is 0 Å². The summed E-state index contributed by atoms with van der Waals surface area (Å²) in [5.74, 6) is 0. The van der Waals surface area contributed by atoms with E-state index in [2.05, 4.69) is 50.0 Å². The molecule has 0 saturated heterocycles. The predicted octanol–water partition coefficient (Wildman–Crippen LogP) is 4.74. The SMILES string of the molecule is CC(C)(C)c1ccc(Sc2nc(Cl)c(CO)s2)cc1. The van der Waals surface area contributed by atoms with E-state index in [0.29, 0.717) is 5.15 Å². The highest BCUT2D eigenvalue weighted by molar-refractivity contribution is 8.01. The van der Waals surface area contributed by atoms with Gasteiger partial charge in [0.15, 0.2) is 4.34 Å². The standard InChI is InChI=1S/C14H16ClNOS2/c1-14(2,3)9-4-6-10(7-5-9)18-13-16-12(15)11(8-17)19-13/h4-7,17H,8H2,1-3H3. The number of thiazole rings is 1. The van der Waals surface area contributed by atoms with Crippen LogP contribution in [0.25, 0.3) is 0 Å². The lowest BCUT2D eigenvalue weighted by Crippen LogP contribution is -2.10. The van der Waals surface area contributed by atoms with Crippen LogP contribution in [0.15, 0.2) is 33.5 Å². The summed E-state index contributed by atoms with van der Waals surface area (Å²) >= 11 is 8.93. The van der Waals surface area contributed by atoms with Gasteiger partial charge in [-0.25, -0.2) is 4.98 Å². The molecule has 0 aliphatic heterocycles. The monoisotopic (exact) mass is 313 g/mol. The molecule has 0 spiro atoms. The minimum atomic E-state index is -0.0555. The molecule has 0 atom stereocenters. The first-order valence-electron chi connectivity index (χ1n) is 5.94. The Hall–Kier alpha value is -0.550. The Morgan fingerprint density at radius 3 is 2.37 bits per heavy atom. The molecule has 19 heavy (non-hydrogen) atoms. The molecule has 1 aromatic carbocycles. The van der Waals surface area contributed by atoms with E-state index >= 15 is 0 Å². The summed E-state index contributed by atoms with van der Waals surface area (Å²) in [6.45, 7) is 6.54. The normalized spacial score (nSPS) is 11.8. The Balaban J connectivity index is 2.15. The van der Waals surface area contributed by atoms with Crippen LogP contribution in [-0.4, -0.2) is 10.1 Å². The number of rotatable bonds is 3. The molecule has 0 bridgehead atoms. The fourth-order valence-electron chi connectivity index (χ4n) is 1.58. The second kappa shape index (κ2) is 5.83. The number of aliphatic hydroxyl groups is 1. The van der Waals surface area contributed by atoms with Crippen molar-refractivity contribution >= 4 is 34.7 Å². The topological polar surface area (TPSA) is 33.1 Å². The van der Waals surface area contributed by atoms with Gasteiger partial charge in [-0.15, -0.1) is 11.3 Å². The van der Waals surface area contributed by atoms with Gasteiger partial charge in [0.05, 0.1) is 11.5 Å². The van der Waals surface area contributed by atoms with E-state index in [4.69, 9.17) is 16.7 Å². The van der Waals surface area contributed by atoms with Crippen LogP contribution in [0.4, 0.5) is 0 Å². The average molecular weight is 314 g/mol. The zero-order valence-corrected chi connectivity index (χ0v) is 13.5. The van der Waals surface area contributed by atoms with E-state index in [-0.39, 0.29) is 12.0 Å². The van der Waals surface area contributed by atoms with E-state index in [1.807, 2.05) is 0 Å². The number of nitrogens with zero attached hydrogens (tertiary/aromatic N) is 1. The lowest BCUT2D eigenvalue weighted by Gasteiger charge is -2.18. The fraction of sp³-hybridized carbons (Fsp3) is 0.357. The maximum Gasteiger partial charge on any atom is 0.156 e. The van der Waals surface area contributed by atoms with Crippen molar-refractivity contribution in [1.82, 2.24) is 4.98 Å². The van der Waals surface area contributed by atoms with Crippen molar-refractivity contribution in [2.24, 2.45) is 0 Å². The van der Waals surface area contributed by atoms with E-state index in [9.17, 15) is 0 Å². The maximum absolute atomic E-state index is 9.10. The third kappa shape index (κ3) is 3.72. The first kappa shape index (κ1) is 14.9. The molecule has 0 fully saturated rings. The minimum absolute atomic E-state index is 0.0555. The van der Waals surface area contributed by atoms with Gasteiger partial charge in [0.2, 0.25) is 0 Å². The van der Waals surface area contributed by atoms with E-state index in [1.54, 1.807) is 11.8 Å². The maximum atomic E-state index is 9.10. The van der Waals surface area contributed by atoms with Crippen molar-refractivity contribution < 1.29 is 5.11 Å². The van der Waals surface area contributed by atoms with Gasteiger partial charge in [0.1, 0.15) is 5.15 Å². The Morgan fingerprint density at radius 2 is 1.89 bits per heavy atom. The first-order valence-corrected chi connectivity index (χ1v) is 7.95. The van der Waals surface area contributed by atoms with Gasteiger partial charge in [0.25, 0.3) is 0 Å². The summed E-state index contributed by atoms with van der Waals surface area (Å²) in [6, 6.07) is 8.48. The first-order chi connectivity index (χ1) is 8.90. The Kier molecular flexibility index (Phi) is 4.56. The van der Waals surface area contributed by atoms with Gasteiger partial charge in [-0.05, 0) is 23.1 Å². The summed E-state index contributed by atoms with van der Waals surface area (Å²) in [6.07, 6.45) is 0. The Bertz CT molecular complexity index is 558. The van der Waals surface area contributed by atoms with Crippen LogP contribution in [0.3, 0.4) is 0 Å². The highest BCUT2D eigenvalue weighted by Crippen LogP contribution is 2.35. The number of aliphatic hydroxyl groups excluding tert-OH is 1. The van der Waals surface area contributed by atoms with Crippen molar-refractivity contribution in [3.63, 3.8) is 0 Å². The van der Waals surface area contributed by atoms with Crippen LogP contribution < -0.4 is 0 Å². The number of hydrogen-bond acceptors (Lipinski definition) is 4. The molecule has 0 saturated carbocycles. The lowest BCUT2D eigenvalue weighted by molar-refractivity contribution is 0.285. The van der Waals surface area contributed by atoms with E-state index in [0.717, 1.165) is 14.1 Å². The summed E-state index contributed by atoms with van der Waals surface area (Å²) in [5.41, 5.74) is 1.47. The predicted molar refractivity (Wildman–Crippen MR) is 82.3 cm³/mol. The zero-order chi connectivity index (χ0) is 14.0. The number of aromatic nitrogens is 1. The number of halogens is 1. The average Bonchev–Trinajstić information content (AvgIpc) is 2.69. The molecule has 2 nitrogen and oxygen atoms in total. The van der Waals surface area contributed by atoms with E-state index in [1.165, 1.54) is 16.9 Å². The highest BCUT2D eigenvalue weighted by atomic mass is 35.5. The van der Waals surface area contributed by atoms with Gasteiger partial charge >= 0.3 is 0 Å².